The minimum Gasteiger partial charge on any atom is -0.462 e. The molecule has 0 bridgehead atoms. The zero-order chi connectivity index (χ0) is 18.5. The van der Waals surface area contributed by atoms with Crippen LogP contribution in [0.25, 0.3) is 6.08 Å². The van der Waals surface area contributed by atoms with Gasteiger partial charge in [0.25, 0.3) is 5.91 Å². The van der Waals surface area contributed by atoms with E-state index in [-0.39, 0.29) is 11.9 Å². The van der Waals surface area contributed by atoms with Crippen molar-refractivity contribution in [1.29, 1.82) is 0 Å². The second-order valence-corrected chi connectivity index (χ2v) is 6.69. The summed E-state index contributed by atoms with van der Waals surface area (Å²) in [6.45, 7) is 4.12. The van der Waals surface area contributed by atoms with Gasteiger partial charge in [-0.05, 0) is 61.5 Å². The minimum absolute atomic E-state index is 0.169. The third-order valence-electron chi connectivity index (χ3n) is 3.64. The lowest BCUT2D eigenvalue weighted by molar-refractivity contribution is -0.115. The van der Waals surface area contributed by atoms with E-state index >= 15 is 0 Å². The molecule has 2 aromatic carbocycles. The van der Waals surface area contributed by atoms with E-state index in [1.807, 2.05) is 37.3 Å². The van der Waals surface area contributed by atoms with Crippen molar-refractivity contribution < 1.29 is 14.3 Å². The molecule has 0 spiro atoms. The van der Waals surface area contributed by atoms with Crippen molar-refractivity contribution >= 4 is 40.6 Å². The maximum absolute atomic E-state index is 12.1. The van der Waals surface area contributed by atoms with Crippen molar-refractivity contribution in [2.75, 3.05) is 6.61 Å². The van der Waals surface area contributed by atoms with Crippen molar-refractivity contribution in [3.63, 3.8) is 0 Å². The van der Waals surface area contributed by atoms with Crippen LogP contribution in [0.4, 0.5) is 5.69 Å². The van der Waals surface area contributed by atoms with Crippen LogP contribution in [0.2, 0.25) is 0 Å². The Kier molecular flexibility index (Phi) is 5.53. The van der Waals surface area contributed by atoms with Gasteiger partial charge in [0.1, 0.15) is 0 Å². The molecule has 1 heterocycles. The maximum Gasteiger partial charge on any atom is 0.338 e. The average molecular weight is 366 g/mol. The highest BCUT2D eigenvalue weighted by Gasteiger charge is 2.23. The number of aryl methyl sites for hydroxylation is 1. The van der Waals surface area contributed by atoms with Gasteiger partial charge in [0.2, 0.25) is 0 Å². The number of nitrogens with zero attached hydrogens (tertiary/aromatic N) is 1. The second kappa shape index (κ2) is 8.01. The first-order valence-electron chi connectivity index (χ1n) is 8.18. The molecular weight excluding hydrogens is 348 g/mol. The lowest BCUT2D eigenvalue weighted by Crippen LogP contribution is -2.19. The molecule has 132 valence electrons. The highest BCUT2D eigenvalue weighted by molar-refractivity contribution is 8.18. The standard InChI is InChI=1S/C20H18N2O3S/c1-3-25-19(24)15-8-10-16(11-9-15)21-20-22-18(23)17(26-20)12-14-6-4-13(2)5-7-14/h4-12H,3H2,1-2H3,(H,21,22,23)/b17-12-. The van der Waals surface area contributed by atoms with Crippen molar-refractivity contribution in [3.8, 4) is 0 Å². The van der Waals surface area contributed by atoms with Crippen LogP contribution in [0, 0.1) is 6.92 Å². The lowest BCUT2D eigenvalue weighted by Gasteiger charge is -2.02. The van der Waals surface area contributed by atoms with Gasteiger partial charge in [-0.3, -0.25) is 4.79 Å². The number of amides is 1. The fourth-order valence-electron chi connectivity index (χ4n) is 2.30. The first kappa shape index (κ1) is 17.9. The van der Waals surface area contributed by atoms with Crippen molar-refractivity contribution in [2.45, 2.75) is 13.8 Å². The lowest BCUT2D eigenvalue weighted by atomic mass is 10.1. The van der Waals surface area contributed by atoms with Crippen LogP contribution in [0.3, 0.4) is 0 Å². The summed E-state index contributed by atoms with van der Waals surface area (Å²) in [5.74, 6) is -0.531. The first-order valence-corrected chi connectivity index (χ1v) is 9.00. The Morgan fingerprint density at radius 1 is 1.15 bits per heavy atom. The van der Waals surface area contributed by atoms with Crippen LogP contribution >= 0.6 is 11.8 Å². The average Bonchev–Trinajstić information content (AvgIpc) is 2.97. The summed E-state index contributed by atoms with van der Waals surface area (Å²) in [6, 6.07) is 14.7. The quantitative estimate of drug-likeness (QED) is 0.654. The summed E-state index contributed by atoms with van der Waals surface area (Å²) in [5, 5.41) is 3.27. The second-order valence-electron chi connectivity index (χ2n) is 5.66. The summed E-state index contributed by atoms with van der Waals surface area (Å²) in [6.07, 6.45) is 1.84. The smallest absolute Gasteiger partial charge is 0.338 e. The molecule has 5 nitrogen and oxygen atoms in total. The largest absolute Gasteiger partial charge is 0.462 e. The van der Waals surface area contributed by atoms with E-state index in [0.29, 0.717) is 27.9 Å². The Morgan fingerprint density at radius 2 is 1.85 bits per heavy atom. The van der Waals surface area contributed by atoms with Gasteiger partial charge in [0, 0.05) is 0 Å². The van der Waals surface area contributed by atoms with Crippen LogP contribution in [-0.4, -0.2) is 23.7 Å². The van der Waals surface area contributed by atoms with Crippen LogP contribution in [0.1, 0.15) is 28.4 Å². The van der Waals surface area contributed by atoms with E-state index in [9.17, 15) is 9.59 Å². The predicted molar refractivity (Wildman–Crippen MR) is 104 cm³/mol. The van der Waals surface area contributed by atoms with E-state index < -0.39 is 0 Å². The number of benzene rings is 2. The maximum atomic E-state index is 12.1. The number of thioether (sulfide) groups is 1. The molecule has 2 aromatic rings. The number of rotatable bonds is 4. The van der Waals surface area contributed by atoms with Gasteiger partial charge in [-0.15, -0.1) is 0 Å². The molecule has 1 saturated heterocycles. The molecule has 1 fully saturated rings. The highest BCUT2D eigenvalue weighted by Crippen LogP contribution is 2.28. The fraction of sp³-hybridized carbons (Fsp3) is 0.150. The summed E-state index contributed by atoms with van der Waals surface area (Å²) in [4.78, 5) is 28.8. The molecule has 0 unspecified atom stereocenters. The summed E-state index contributed by atoms with van der Waals surface area (Å²) < 4.78 is 4.95. The molecule has 0 atom stereocenters. The normalized spacial score (nSPS) is 16.8. The fourth-order valence-corrected chi connectivity index (χ4v) is 3.14. The number of carbonyl (C=O) groups is 2. The molecule has 6 heteroatoms. The predicted octanol–water partition coefficient (Wildman–Crippen LogP) is 4.06. The number of hydrogen-bond donors (Lipinski definition) is 1. The molecule has 1 aliphatic heterocycles. The van der Waals surface area contributed by atoms with Crippen LogP contribution < -0.4 is 5.32 Å². The first-order chi connectivity index (χ1) is 12.5. The van der Waals surface area contributed by atoms with Crippen LogP contribution in [0.15, 0.2) is 58.4 Å². The Hall–Kier alpha value is -2.86. The van der Waals surface area contributed by atoms with Crippen molar-refractivity contribution in [1.82, 2.24) is 5.32 Å². The number of aliphatic imine (C=N–C) groups is 1. The summed E-state index contributed by atoms with van der Waals surface area (Å²) in [7, 11) is 0. The third kappa shape index (κ3) is 4.40. The van der Waals surface area contributed by atoms with E-state index in [2.05, 4.69) is 10.3 Å². The summed E-state index contributed by atoms with van der Waals surface area (Å²) in [5.41, 5.74) is 3.26. The topological polar surface area (TPSA) is 67.8 Å². The Balaban J connectivity index is 1.73. The summed E-state index contributed by atoms with van der Waals surface area (Å²) >= 11 is 1.29. The molecule has 1 amide bonds. The Morgan fingerprint density at radius 3 is 2.50 bits per heavy atom. The molecule has 0 saturated carbocycles. The van der Waals surface area contributed by atoms with E-state index in [0.717, 1.165) is 5.56 Å². The highest BCUT2D eigenvalue weighted by atomic mass is 32.2. The molecule has 26 heavy (non-hydrogen) atoms. The number of ether oxygens (including phenoxy) is 1. The molecule has 0 radical (unpaired) electrons. The monoisotopic (exact) mass is 366 g/mol. The van der Waals surface area contributed by atoms with Crippen LogP contribution in [0.5, 0.6) is 0 Å². The van der Waals surface area contributed by atoms with Crippen molar-refractivity contribution in [2.24, 2.45) is 4.99 Å². The van der Waals surface area contributed by atoms with E-state index in [1.54, 1.807) is 31.2 Å². The molecule has 1 N–H and O–H groups in total. The van der Waals surface area contributed by atoms with Gasteiger partial charge < -0.3 is 10.1 Å². The SMILES string of the molecule is CCOC(=O)c1ccc(N=C2NC(=O)/C(=C/c3ccc(C)cc3)S2)cc1. The molecule has 3 rings (SSSR count). The number of nitrogens with one attached hydrogen (secondary N) is 1. The number of hydrogen-bond acceptors (Lipinski definition) is 5. The number of amidine groups is 1. The van der Waals surface area contributed by atoms with Gasteiger partial charge in [-0.25, -0.2) is 9.79 Å². The minimum atomic E-state index is -0.362. The Bertz CT molecular complexity index is 884. The van der Waals surface area contributed by atoms with E-state index in [4.69, 9.17) is 4.74 Å². The molecule has 0 aliphatic carbocycles. The van der Waals surface area contributed by atoms with Gasteiger partial charge in [-0.1, -0.05) is 29.8 Å². The van der Waals surface area contributed by atoms with E-state index in [1.165, 1.54) is 17.3 Å². The molecule has 1 aliphatic rings. The zero-order valence-corrected chi connectivity index (χ0v) is 15.3. The van der Waals surface area contributed by atoms with Gasteiger partial charge in [0.05, 0.1) is 22.8 Å². The van der Waals surface area contributed by atoms with Crippen LogP contribution in [-0.2, 0) is 9.53 Å². The molecule has 0 aromatic heterocycles. The number of esters is 1. The number of carbonyl (C=O) groups excluding carboxylic acids is 2. The van der Waals surface area contributed by atoms with Crippen molar-refractivity contribution in [3.05, 3.63) is 70.1 Å². The van der Waals surface area contributed by atoms with Gasteiger partial charge >= 0.3 is 5.97 Å². The van der Waals surface area contributed by atoms with Gasteiger partial charge in [-0.2, -0.15) is 0 Å². The third-order valence-corrected chi connectivity index (χ3v) is 4.54. The zero-order valence-electron chi connectivity index (χ0n) is 14.5. The Labute approximate surface area is 156 Å². The van der Waals surface area contributed by atoms with Gasteiger partial charge in [0.15, 0.2) is 5.17 Å². The molecular formula is C20H18N2O3S.